The van der Waals surface area contributed by atoms with Crippen molar-refractivity contribution in [3.63, 3.8) is 0 Å². The first-order valence-corrected chi connectivity index (χ1v) is 12.1. The third kappa shape index (κ3) is 6.22. The molecule has 0 heterocycles. The second-order valence-corrected chi connectivity index (χ2v) is 8.80. The second-order valence-electron chi connectivity index (χ2n) is 7.98. The van der Waals surface area contributed by atoms with Crippen molar-refractivity contribution < 1.29 is 19.1 Å². The number of nitroso groups, excluding NO2 is 1. The molecule has 0 aliphatic carbocycles. The third-order valence-corrected chi connectivity index (χ3v) is 6.26. The van der Waals surface area contributed by atoms with Gasteiger partial charge in [0.25, 0.3) is 5.91 Å². The molecule has 0 saturated carbocycles. The Morgan fingerprint density at radius 1 is 1.00 bits per heavy atom. The van der Waals surface area contributed by atoms with Gasteiger partial charge < -0.3 is 14.8 Å². The second kappa shape index (κ2) is 12.5. The standard InChI is InChI=1S/C27H26Cl2N2O5/c1-4-36-27(33)23(30-26(32)25-21(28)9-7-10-22(25)29)15-17-12-13-18(20(14-17)16(2)31-34)19-8-5-6-11-24(19)35-3/h5-14,16,23H,4,15H2,1-3H3,(H,30,32)/t16?,23-/m0/s1. The molecule has 3 aromatic rings. The molecule has 0 fully saturated rings. The highest BCUT2D eigenvalue weighted by atomic mass is 35.5. The number of nitrogens with zero attached hydrogens (tertiary/aromatic N) is 1. The van der Waals surface area contributed by atoms with Crippen LogP contribution in [0, 0.1) is 4.91 Å². The smallest absolute Gasteiger partial charge is 0.328 e. The quantitative estimate of drug-likeness (QED) is 0.242. The molecule has 3 aromatic carbocycles. The summed E-state index contributed by atoms with van der Waals surface area (Å²) in [5.74, 6) is -0.554. The summed E-state index contributed by atoms with van der Waals surface area (Å²) >= 11 is 12.3. The van der Waals surface area contributed by atoms with Crippen LogP contribution in [-0.2, 0) is 16.0 Å². The zero-order valence-electron chi connectivity index (χ0n) is 20.1. The Kier molecular flexibility index (Phi) is 9.44. The van der Waals surface area contributed by atoms with Crippen LogP contribution in [0.5, 0.6) is 5.75 Å². The van der Waals surface area contributed by atoms with Gasteiger partial charge in [0.1, 0.15) is 17.8 Å². The van der Waals surface area contributed by atoms with Crippen molar-refractivity contribution in [3.05, 3.63) is 92.3 Å². The molecule has 7 nitrogen and oxygen atoms in total. The van der Waals surface area contributed by atoms with Gasteiger partial charge in [0.05, 0.1) is 29.3 Å². The fourth-order valence-electron chi connectivity index (χ4n) is 3.87. The highest BCUT2D eigenvalue weighted by molar-refractivity contribution is 6.39. The molecular weight excluding hydrogens is 503 g/mol. The van der Waals surface area contributed by atoms with E-state index in [0.29, 0.717) is 16.9 Å². The Balaban J connectivity index is 1.98. The number of hydrogen-bond donors (Lipinski definition) is 1. The molecule has 0 saturated heterocycles. The van der Waals surface area contributed by atoms with E-state index in [0.717, 1.165) is 11.1 Å². The molecular formula is C27H26Cl2N2O5. The Hall–Kier alpha value is -3.42. The maximum atomic E-state index is 13.0. The number of methoxy groups -OCH3 is 1. The summed E-state index contributed by atoms with van der Waals surface area (Å²) < 4.78 is 10.7. The molecule has 9 heteroatoms. The minimum absolute atomic E-state index is 0.0705. The van der Waals surface area contributed by atoms with E-state index in [-0.39, 0.29) is 28.6 Å². The molecule has 36 heavy (non-hydrogen) atoms. The van der Waals surface area contributed by atoms with Crippen molar-refractivity contribution in [2.45, 2.75) is 32.4 Å². The van der Waals surface area contributed by atoms with Gasteiger partial charge in [0.2, 0.25) is 0 Å². The first-order chi connectivity index (χ1) is 17.3. The van der Waals surface area contributed by atoms with E-state index in [1.54, 1.807) is 45.2 Å². The van der Waals surface area contributed by atoms with Gasteiger partial charge in [-0.15, -0.1) is 0 Å². The van der Waals surface area contributed by atoms with E-state index in [2.05, 4.69) is 10.5 Å². The van der Waals surface area contributed by atoms with Gasteiger partial charge in [0.15, 0.2) is 0 Å². The molecule has 188 valence electrons. The van der Waals surface area contributed by atoms with Crippen molar-refractivity contribution >= 4 is 35.1 Å². The van der Waals surface area contributed by atoms with Crippen LogP contribution in [-0.4, -0.2) is 31.6 Å². The predicted octanol–water partition coefficient (Wildman–Crippen LogP) is 6.40. The molecule has 0 bridgehead atoms. The number of rotatable bonds is 10. The number of amides is 1. The highest BCUT2D eigenvalue weighted by Gasteiger charge is 2.26. The molecule has 3 rings (SSSR count). The summed E-state index contributed by atoms with van der Waals surface area (Å²) in [4.78, 5) is 37.2. The van der Waals surface area contributed by atoms with Crippen LogP contribution in [0.25, 0.3) is 11.1 Å². The van der Waals surface area contributed by atoms with Gasteiger partial charge in [-0.05, 0) is 48.7 Å². The number of nitrogens with one attached hydrogen (secondary N) is 1. The molecule has 0 spiro atoms. The summed E-state index contributed by atoms with van der Waals surface area (Å²) in [6.45, 7) is 3.51. The van der Waals surface area contributed by atoms with Crippen molar-refractivity contribution in [1.82, 2.24) is 5.32 Å². The van der Waals surface area contributed by atoms with Gasteiger partial charge in [0, 0.05) is 12.0 Å². The number of carbonyl (C=O) groups is 2. The number of para-hydroxylation sites is 1. The molecule has 0 aliphatic rings. The summed E-state index contributed by atoms with van der Waals surface area (Å²) in [7, 11) is 1.58. The monoisotopic (exact) mass is 528 g/mol. The molecule has 1 unspecified atom stereocenters. The number of carbonyl (C=O) groups excluding carboxylic acids is 2. The lowest BCUT2D eigenvalue weighted by Gasteiger charge is -2.20. The topological polar surface area (TPSA) is 94.1 Å². The predicted molar refractivity (Wildman–Crippen MR) is 141 cm³/mol. The van der Waals surface area contributed by atoms with E-state index in [1.165, 1.54) is 0 Å². The van der Waals surface area contributed by atoms with Crippen LogP contribution in [0.3, 0.4) is 0 Å². The fourth-order valence-corrected chi connectivity index (χ4v) is 4.44. The van der Waals surface area contributed by atoms with Crippen LogP contribution < -0.4 is 10.1 Å². The van der Waals surface area contributed by atoms with Gasteiger partial charge in [-0.25, -0.2) is 4.79 Å². The lowest BCUT2D eigenvalue weighted by Crippen LogP contribution is -2.43. The lowest BCUT2D eigenvalue weighted by atomic mass is 9.91. The van der Waals surface area contributed by atoms with E-state index < -0.39 is 24.0 Å². The van der Waals surface area contributed by atoms with Crippen LogP contribution in [0.2, 0.25) is 10.0 Å². The molecule has 1 N–H and O–H groups in total. The zero-order valence-corrected chi connectivity index (χ0v) is 21.6. The largest absolute Gasteiger partial charge is 0.496 e. The van der Waals surface area contributed by atoms with Crippen LogP contribution in [0.15, 0.2) is 65.8 Å². The first-order valence-electron chi connectivity index (χ1n) is 11.3. The van der Waals surface area contributed by atoms with Crippen molar-refractivity contribution in [1.29, 1.82) is 0 Å². The minimum atomic E-state index is -1.02. The third-order valence-electron chi connectivity index (χ3n) is 5.63. The molecule has 0 aromatic heterocycles. The lowest BCUT2D eigenvalue weighted by molar-refractivity contribution is -0.145. The molecule has 2 atom stereocenters. The highest BCUT2D eigenvalue weighted by Crippen LogP contribution is 2.36. The molecule has 0 aliphatic heterocycles. The number of benzene rings is 3. The summed E-state index contributed by atoms with van der Waals surface area (Å²) in [5.41, 5.74) is 3.02. The normalized spacial score (nSPS) is 12.4. The minimum Gasteiger partial charge on any atom is -0.496 e. The maximum Gasteiger partial charge on any atom is 0.328 e. The van der Waals surface area contributed by atoms with Crippen LogP contribution in [0.1, 0.15) is 41.4 Å². The average Bonchev–Trinajstić information content (AvgIpc) is 2.87. The number of esters is 1. The number of hydrogen-bond acceptors (Lipinski definition) is 6. The maximum absolute atomic E-state index is 13.0. The zero-order chi connectivity index (χ0) is 26.2. The van der Waals surface area contributed by atoms with E-state index in [1.807, 2.05) is 36.4 Å². The van der Waals surface area contributed by atoms with Crippen LogP contribution >= 0.6 is 23.2 Å². The Bertz CT molecular complexity index is 1240. The van der Waals surface area contributed by atoms with Gasteiger partial charge >= 0.3 is 5.97 Å². The van der Waals surface area contributed by atoms with Crippen LogP contribution in [0.4, 0.5) is 0 Å². The van der Waals surface area contributed by atoms with Gasteiger partial charge in [-0.3, -0.25) is 4.79 Å². The average molecular weight is 529 g/mol. The Morgan fingerprint density at radius 2 is 1.69 bits per heavy atom. The SMILES string of the molecule is CCOC(=O)[C@H](Cc1ccc(-c2ccccc2OC)c(C(C)N=O)c1)NC(=O)c1c(Cl)cccc1Cl. The molecule has 1 amide bonds. The Morgan fingerprint density at radius 3 is 2.33 bits per heavy atom. The summed E-state index contributed by atoms with van der Waals surface area (Å²) in [5, 5.41) is 6.23. The summed E-state index contributed by atoms with van der Waals surface area (Å²) in [6.07, 6.45) is 0.109. The van der Waals surface area contributed by atoms with Gasteiger partial charge in [-0.2, -0.15) is 4.91 Å². The number of halogens is 2. The van der Waals surface area contributed by atoms with Crippen molar-refractivity contribution in [3.8, 4) is 16.9 Å². The van der Waals surface area contributed by atoms with E-state index in [9.17, 15) is 14.5 Å². The summed E-state index contributed by atoms with van der Waals surface area (Å²) in [6, 6.07) is 15.9. The fraction of sp³-hybridized carbons (Fsp3) is 0.259. The van der Waals surface area contributed by atoms with Gasteiger partial charge in [-0.1, -0.05) is 70.8 Å². The first kappa shape index (κ1) is 27.2. The molecule has 0 radical (unpaired) electrons. The van der Waals surface area contributed by atoms with E-state index in [4.69, 9.17) is 32.7 Å². The number of ether oxygens (including phenoxy) is 2. The van der Waals surface area contributed by atoms with Crippen molar-refractivity contribution in [2.75, 3.05) is 13.7 Å². The van der Waals surface area contributed by atoms with Crippen molar-refractivity contribution in [2.24, 2.45) is 5.18 Å². The Labute approximate surface area is 219 Å². The van der Waals surface area contributed by atoms with E-state index >= 15 is 0 Å².